The molecule has 0 bridgehead atoms. The number of nitrogens with two attached hydrogens (primary N) is 1. The van der Waals surface area contributed by atoms with E-state index in [1.807, 2.05) is 0 Å². The first-order valence-corrected chi connectivity index (χ1v) is 6.89. The monoisotopic (exact) mass is 285 g/mol. The molecule has 4 nitrogen and oxygen atoms in total. The van der Waals surface area contributed by atoms with Crippen molar-refractivity contribution in [2.45, 2.75) is 11.3 Å². The second-order valence-corrected chi connectivity index (χ2v) is 5.64. The number of benzene rings is 1. The van der Waals surface area contributed by atoms with Crippen molar-refractivity contribution < 1.29 is 13.0 Å². The van der Waals surface area contributed by atoms with E-state index in [9.17, 15) is 13.0 Å². The van der Waals surface area contributed by atoms with Crippen LogP contribution in [0.25, 0.3) is 0 Å². The predicted molar refractivity (Wildman–Crippen MR) is 69.0 cm³/mol. The van der Waals surface area contributed by atoms with Gasteiger partial charge in [0.25, 0.3) is 0 Å². The van der Waals surface area contributed by atoms with Gasteiger partial charge in [0.15, 0.2) is 0 Å². The molecule has 2 rings (SSSR count). The number of anilines is 1. The number of halogens is 2. The Labute approximate surface area is 111 Å². The van der Waals surface area contributed by atoms with E-state index < -0.39 is 27.3 Å². The topological polar surface area (TPSA) is 60.9 Å². The third kappa shape index (κ3) is 3.17. The molecule has 0 aliphatic carbocycles. The maximum absolute atomic E-state index is 13.6. The van der Waals surface area contributed by atoms with Crippen LogP contribution in [0.15, 0.2) is 29.4 Å². The van der Waals surface area contributed by atoms with Crippen LogP contribution < -0.4 is 5.73 Å². The Morgan fingerprint density at radius 3 is 2.53 bits per heavy atom. The largest absolute Gasteiger partial charge is 0.399 e. The SMILES string of the molecule is Cn1cc(CCS(=O)c2c(F)cc(N)cc2F)cn1. The summed E-state index contributed by atoms with van der Waals surface area (Å²) in [5, 5.41) is 3.97. The summed E-state index contributed by atoms with van der Waals surface area (Å²) < 4.78 is 40.7. The van der Waals surface area contributed by atoms with Gasteiger partial charge in [-0.2, -0.15) is 5.10 Å². The van der Waals surface area contributed by atoms with Gasteiger partial charge >= 0.3 is 0 Å². The molecule has 0 radical (unpaired) electrons. The quantitative estimate of drug-likeness (QED) is 0.869. The fourth-order valence-corrected chi connectivity index (χ4v) is 2.89. The van der Waals surface area contributed by atoms with Crippen molar-refractivity contribution in [3.05, 3.63) is 41.7 Å². The highest BCUT2D eigenvalue weighted by Gasteiger charge is 2.17. The summed E-state index contributed by atoms with van der Waals surface area (Å²) in [7, 11) is 0.0150. The van der Waals surface area contributed by atoms with Crippen molar-refractivity contribution in [1.29, 1.82) is 0 Å². The first kappa shape index (κ1) is 13.7. The molecule has 0 aliphatic rings. The Hall–Kier alpha value is -1.76. The highest BCUT2D eigenvalue weighted by molar-refractivity contribution is 7.85. The summed E-state index contributed by atoms with van der Waals surface area (Å²) in [5.41, 5.74) is 6.15. The van der Waals surface area contributed by atoms with Crippen LogP contribution in [0.2, 0.25) is 0 Å². The molecule has 102 valence electrons. The lowest BCUT2D eigenvalue weighted by Gasteiger charge is -2.05. The molecular formula is C12H13F2N3OS. The lowest BCUT2D eigenvalue weighted by atomic mass is 10.3. The summed E-state index contributed by atoms with van der Waals surface area (Å²) in [4.78, 5) is -0.418. The minimum Gasteiger partial charge on any atom is -0.399 e. The first-order valence-electron chi connectivity index (χ1n) is 5.58. The zero-order valence-corrected chi connectivity index (χ0v) is 11.1. The van der Waals surface area contributed by atoms with Crippen molar-refractivity contribution in [2.24, 2.45) is 7.05 Å². The van der Waals surface area contributed by atoms with E-state index in [1.54, 1.807) is 24.1 Å². The van der Waals surface area contributed by atoms with E-state index >= 15 is 0 Å². The Balaban J connectivity index is 2.12. The third-order valence-electron chi connectivity index (χ3n) is 2.58. The number of aromatic nitrogens is 2. The van der Waals surface area contributed by atoms with Crippen molar-refractivity contribution in [3.63, 3.8) is 0 Å². The molecule has 7 heteroatoms. The van der Waals surface area contributed by atoms with Crippen LogP contribution in [0.5, 0.6) is 0 Å². The van der Waals surface area contributed by atoms with Gasteiger partial charge in [0, 0.05) is 24.7 Å². The van der Waals surface area contributed by atoms with Crippen molar-refractivity contribution in [2.75, 3.05) is 11.5 Å². The first-order chi connectivity index (χ1) is 8.97. The van der Waals surface area contributed by atoms with Gasteiger partial charge in [-0.25, -0.2) is 8.78 Å². The summed E-state index contributed by atoms with van der Waals surface area (Å²) in [5.74, 6) is -1.62. The van der Waals surface area contributed by atoms with Gasteiger partial charge in [-0.15, -0.1) is 0 Å². The number of nitrogens with zero attached hydrogens (tertiary/aromatic N) is 2. The second kappa shape index (κ2) is 5.48. The van der Waals surface area contributed by atoms with Gasteiger partial charge < -0.3 is 5.73 Å². The van der Waals surface area contributed by atoms with Crippen LogP contribution in [0.3, 0.4) is 0 Å². The summed E-state index contributed by atoms with van der Waals surface area (Å²) in [6.07, 6.45) is 3.84. The van der Waals surface area contributed by atoms with Crippen molar-refractivity contribution in [3.8, 4) is 0 Å². The number of aryl methyl sites for hydroxylation is 2. The summed E-state index contributed by atoms with van der Waals surface area (Å²) in [6, 6.07) is 1.95. The highest BCUT2D eigenvalue weighted by Crippen LogP contribution is 2.21. The Bertz CT molecular complexity index is 604. The summed E-state index contributed by atoms with van der Waals surface area (Å²) in [6.45, 7) is 0. The number of hydrogen-bond donors (Lipinski definition) is 1. The fourth-order valence-electron chi connectivity index (χ4n) is 1.71. The molecule has 1 atom stereocenters. The molecule has 2 N–H and O–H groups in total. The zero-order valence-electron chi connectivity index (χ0n) is 10.3. The normalized spacial score (nSPS) is 12.6. The minimum atomic E-state index is -1.75. The zero-order chi connectivity index (χ0) is 14.0. The van der Waals surface area contributed by atoms with Gasteiger partial charge in [-0.3, -0.25) is 8.89 Å². The van der Waals surface area contributed by atoms with Gasteiger partial charge in [0.05, 0.1) is 17.0 Å². The number of hydrogen-bond acceptors (Lipinski definition) is 3. The van der Waals surface area contributed by atoms with Crippen molar-refractivity contribution >= 4 is 16.5 Å². The molecule has 1 aromatic heterocycles. The maximum atomic E-state index is 13.6. The van der Waals surface area contributed by atoms with E-state index in [4.69, 9.17) is 5.73 Å². The Kier molecular flexibility index (Phi) is 3.94. The maximum Gasteiger partial charge on any atom is 0.144 e. The smallest absolute Gasteiger partial charge is 0.144 e. The van der Waals surface area contributed by atoms with E-state index in [0.717, 1.165) is 17.7 Å². The number of rotatable bonds is 4. The molecular weight excluding hydrogens is 272 g/mol. The molecule has 0 spiro atoms. The van der Waals surface area contributed by atoms with E-state index in [2.05, 4.69) is 5.10 Å². The molecule has 2 aromatic rings. The van der Waals surface area contributed by atoms with Crippen LogP contribution in [-0.4, -0.2) is 19.7 Å². The fraction of sp³-hybridized carbons (Fsp3) is 0.250. The van der Waals surface area contributed by atoms with Crippen LogP contribution >= 0.6 is 0 Å². The molecule has 0 fully saturated rings. The van der Waals surface area contributed by atoms with Gasteiger partial charge in [-0.05, 0) is 24.1 Å². The van der Waals surface area contributed by atoms with Crippen LogP contribution in [0.4, 0.5) is 14.5 Å². The molecule has 0 aliphatic heterocycles. The third-order valence-corrected chi connectivity index (χ3v) is 4.00. The standard InChI is InChI=1S/C12H13F2N3OS/c1-17-7-8(6-16-17)2-3-19(18)12-10(13)4-9(15)5-11(12)14/h4-7H,2-3,15H2,1H3. The lowest BCUT2D eigenvalue weighted by Crippen LogP contribution is -2.07. The minimum absolute atomic E-state index is 0.0250. The molecule has 1 aromatic carbocycles. The Morgan fingerprint density at radius 1 is 1.37 bits per heavy atom. The number of nitrogen functional groups attached to an aromatic ring is 1. The molecule has 0 saturated heterocycles. The lowest BCUT2D eigenvalue weighted by molar-refractivity contribution is 0.535. The molecule has 0 amide bonds. The average Bonchev–Trinajstić information content (AvgIpc) is 2.71. The predicted octanol–water partition coefficient (Wildman–Crippen LogP) is 1.63. The molecule has 0 saturated carbocycles. The van der Waals surface area contributed by atoms with E-state index in [0.29, 0.717) is 6.42 Å². The molecule has 1 heterocycles. The van der Waals surface area contributed by atoms with Gasteiger partial charge in [0.1, 0.15) is 16.5 Å². The van der Waals surface area contributed by atoms with Gasteiger partial charge in [-0.1, -0.05) is 0 Å². The molecule has 19 heavy (non-hydrogen) atoms. The molecule has 1 unspecified atom stereocenters. The van der Waals surface area contributed by atoms with Crippen LogP contribution in [0.1, 0.15) is 5.56 Å². The van der Waals surface area contributed by atoms with Crippen LogP contribution in [-0.2, 0) is 24.3 Å². The highest BCUT2D eigenvalue weighted by atomic mass is 32.2. The average molecular weight is 285 g/mol. The Morgan fingerprint density at radius 2 is 2.00 bits per heavy atom. The van der Waals surface area contributed by atoms with Crippen molar-refractivity contribution in [1.82, 2.24) is 9.78 Å². The second-order valence-electron chi connectivity index (χ2n) is 4.14. The summed E-state index contributed by atoms with van der Waals surface area (Å²) >= 11 is 0. The van der Waals surface area contributed by atoms with Gasteiger partial charge in [0.2, 0.25) is 0 Å². The van der Waals surface area contributed by atoms with E-state index in [-0.39, 0.29) is 11.4 Å². The van der Waals surface area contributed by atoms with Crippen LogP contribution in [0, 0.1) is 11.6 Å². The van der Waals surface area contributed by atoms with E-state index in [1.165, 1.54) is 0 Å².